The first-order chi connectivity index (χ1) is 18.4. The molecule has 4 aromatic rings. The molecule has 1 aromatic heterocycles. The van der Waals surface area contributed by atoms with E-state index in [1.807, 2.05) is 31.2 Å². The number of nitrogens with zero attached hydrogens (tertiary/aromatic N) is 1. The third-order valence-electron chi connectivity index (χ3n) is 5.21. The molecule has 4 rings (SSSR count). The summed E-state index contributed by atoms with van der Waals surface area (Å²) in [4.78, 5) is 37.2. The predicted molar refractivity (Wildman–Crippen MR) is 149 cm³/mol. The minimum atomic E-state index is -0.497. The topological polar surface area (TPSA) is 106 Å². The molecular formula is C28H24ClN3O5S. The lowest BCUT2D eigenvalue weighted by Crippen LogP contribution is -2.34. The van der Waals surface area contributed by atoms with Crippen LogP contribution in [0, 0.1) is 0 Å². The number of esters is 1. The van der Waals surface area contributed by atoms with Gasteiger partial charge in [0, 0.05) is 10.1 Å². The number of hydrogen-bond acceptors (Lipinski definition) is 7. The third kappa shape index (κ3) is 6.96. The lowest BCUT2D eigenvalue weighted by Gasteiger charge is -2.07. The summed E-state index contributed by atoms with van der Waals surface area (Å²) in [6, 6.07) is 20.8. The van der Waals surface area contributed by atoms with Crippen molar-refractivity contribution in [3.05, 3.63) is 93.8 Å². The van der Waals surface area contributed by atoms with Gasteiger partial charge in [0.15, 0.2) is 0 Å². The Kier molecular flexibility index (Phi) is 9.07. The molecular weight excluding hydrogens is 526 g/mol. The van der Waals surface area contributed by atoms with Gasteiger partial charge in [0.1, 0.15) is 16.4 Å². The van der Waals surface area contributed by atoms with Gasteiger partial charge in [0.2, 0.25) is 0 Å². The van der Waals surface area contributed by atoms with Crippen LogP contribution in [0.1, 0.15) is 38.9 Å². The summed E-state index contributed by atoms with van der Waals surface area (Å²) in [5.41, 5.74) is 3.43. The van der Waals surface area contributed by atoms with Crippen molar-refractivity contribution in [1.82, 2.24) is 10.7 Å². The van der Waals surface area contributed by atoms with Crippen LogP contribution in [0.5, 0.6) is 11.5 Å². The van der Waals surface area contributed by atoms with E-state index in [-0.39, 0.29) is 6.54 Å². The number of halogens is 1. The molecule has 0 aliphatic rings. The van der Waals surface area contributed by atoms with E-state index in [1.165, 1.54) is 17.6 Å². The zero-order chi connectivity index (χ0) is 26.9. The molecule has 0 saturated heterocycles. The maximum atomic E-state index is 12.4. The van der Waals surface area contributed by atoms with Gasteiger partial charge < -0.3 is 14.8 Å². The van der Waals surface area contributed by atoms with Gasteiger partial charge in [-0.15, -0.1) is 11.3 Å². The largest absolute Gasteiger partial charge is 0.494 e. The number of ether oxygens (including phenoxy) is 2. The van der Waals surface area contributed by atoms with E-state index in [0.29, 0.717) is 39.1 Å². The average Bonchev–Trinajstić information content (AvgIpc) is 3.28. The van der Waals surface area contributed by atoms with Crippen molar-refractivity contribution in [2.24, 2.45) is 5.10 Å². The van der Waals surface area contributed by atoms with Gasteiger partial charge in [-0.1, -0.05) is 36.7 Å². The van der Waals surface area contributed by atoms with Gasteiger partial charge in [0.25, 0.3) is 11.8 Å². The standard InChI is InChI=1S/C28H24ClN3O5S/c1-2-15-36-20-13-9-19(10-14-20)28(35)37-21-11-7-18(8-12-21)16-31-32-24(33)17-30-27(34)26-25(29)22-5-3-4-6-23(22)38-26/h3-14,16H,2,15,17H2,1H3,(H,30,34)(H,32,33). The van der Waals surface area contributed by atoms with Gasteiger partial charge in [-0.3, -0.25) is 9.59 Å². The van der Waals surface area contributed by atoms with Crippen molar-refractivity contribution in [1.29, 1.82) is 0 Å². The highest BCUT2D eigenvalue weighted by atomic mass is 35.5. The van der Waals surface area contributed by atoms with E-state index in [9.17, 15) is 14.4 Å². The first-order valence-electron chi connectivity index (χ1n) is 11.8. The molecule has 0 fully saturated rings. The number of hydrazone groups is 1. The number of amides is 2. The van der Waals surface area contributed by atoms with Gasteiger partial charge in [0.05, 0.1) is 30.0 Å². The minimum Gasteiger partial charge on any atom is -0.494 e. The molecule has 0 aliphatic carbocycles. The number of fused-ring (bicyclic) bond motifs is 1. The molecule has 0 bridgehead atoms. The molecule has 0 saturated carbocycles. The number of hydrogen-bond donors (Lipinski definition) is 2. The van der Waals surface area contributed by atoms with Crippen LogP contribution < -0.4 is 20.2 Å². The Bertz CT molecular complexity index is 1470. The van der Waals surface area contributed by atoms with Crippen molar-refractivity contribution in [3.63, 3.8) is 0 Å². The van der Waals surface area contributed by atoms with Gasteiger partial charge in [-0.05, 0) is 66.6 Å². The summed E-state index contributed by atoms with van der Waals surface area (Å²) in [5.74, 6) is -0.350. The van der Waals surface area contributed by atoms with Gasteiger partial charge >= 0.3 is 5.97 Å². The molecule has 2 N–H and O–H groups in total. The number of carbonyl (C=O) groups excluding carboxylic acids is 3. The number of benzene rings is 3. The van der Waals surface area contributed by atoms with Crippen LogP contribution in [0.2, 0.25) is 5.02 Å². The Morgan fingerprint density at radius 2 is 1.68 bits per heavy atom. The van der Waals surface area contributed by atoms with Crippen LogP contribution in [0.15, 0.2) is 77.9 Å². The number of thiophene rings is 1. The van der Waals surface area contributed by atoms with E-state index < -0.39 is 17.8 Å². The third-order valence-corrected chi connectivity index (χ3v) is 6.88. The second kappa shape index (κ2) is 12.8. The second-order valence-corrected chi connectivity index (χ2v) is 9.48. The van der Waals surface area contributed by atoms with Gasteiger partial charge in [-0.2, -0.15) is 5.10 Å². The van der Waals surface area contributed by atoms with Crippen molar-refractivity contribution in [2.75, 3.05) is 13.2 Å². The summed E-state index contributed by atoms with van der Waals surface area (Å²) < 4.78 is 11.8. The molecule has 2 amide bonds. The summed E-state index contributed by atoms with van der Waals surface area (Å²) >= 11 is 7.57. The molecule has 0 aliphatic heterocycles. The normalized spacial score (nSPS) is 10.9. The van der Waals surface area contributed by atoms with Crippen molar-refractivity contribution < 1.29 is 23.9 Å². The fourth-order valence-corrected chi connectivity index (χ4v) is 4.75. The van der Waals surface area contributed by atoms with Crippen molar-refractivity contribution in [2.45, 2.75) is 13.3 Å². The van der Waals surface area contributed by atoms with Crippen LogP contribution in [0.25, 0.3) is 10.1 Å². The molecule has 10 heteroatoms. The monoisotopic (exact) mass is 549 g/mol. The van der Waals surface area contributed by atoms with Gasteiger partial charge in [-0.25, -0.2) is 10.2 Å². The fraction of sp³-hybridized carbons (Fsp3) is 0.143. The fourth-order valence-electron chi connectivity index (χ4n) is 3.31. The molecule has 1 heterocycles. The predicted octanol–water partition coefficient (Wildman–Crippen LogP) is 5.44. The second-order valence-electron chi connectivity index (χ2n) is 8.05. The first kappa shape index (κ1) is 26.8. The maximum Gasteiger partial charge on any atom is 0.343 e. The van der Waals surface area contributed by atoms with E-state index in [4.69, 9.17) is 21.1 Å². The van der Waals surface area contributed by atoms with Crippen LogP contribution in [-0.2, 0) is 4.79 Å². The molecule has 0 atom stereocenters. The Labute approximate surface area is 228 Å². The zero-order valence-corrected chi connectivity index (χ0v) is 22.0. The molecule has 38 heavy (non-hydrogen) atoms. The van der Waals surface area contributed by atoms with E-state index >= 15 is 0 Å². The number of nitrogens with one attached hydrogen (secondary N) is 2. The molecule has 0 radical (unpaired) electrons. The summed E-state index contributed by atoms with van der Waals surface area (Å²) in [5, 5.41) is 7.60. The molecule has 0 spiro atoms. The van der Waals surface area contributed by atoms with E-state index in [1.54, 1.807) is 48.5 Å². The van der Waals surface area contributed by atoms with Crippen molar-refractivity contribution >= 4 is 57.0 Å². The number of carbonyl (C=O) groups is 3. The minimum absolute atomic E-state index is 0.263. The lowest BCUT2D eigenvalue weighted by molar-refractivity contribution is -0.120. The Morgan fingerprint density at radius 1 is 0.974 bits per heavy atom. The van der Waals surface area contributed by atoms with E-state index in [2.05, 4.69) is 15.8 Å². The highest BCUT2D eigenvalue weighted by Gasteiger charge is 2.17. The SMILES string of the molecule is CCCOc1ccc(C(=O)Oc2ccc(C=NNC(=O)CNC(=O)c3sc4ccccc4c3Cl)cc2)cc1. The Morgan fingerprint density at radius 3 is 2.39 bits per heavy atom. The zero-order valence-electron chi connectivity index (χ0n) is 20.4. The Balaban J connectivity index is 1.23. The summed E-state index contributed by atoms with van der Waals surface area (Å²) in [6.45, 7) is 2.37. The van der Waals surface area contributed by atoms with Crippen LogP contribution in [-0.4, -0.2) is 37.1 Å². The maximum absolute atomic E-state index is 12.4. The molecule has 0 unspecified atom stereocenters. The highest BCUT2D eigenvalue weighted by Crippen LogP contribution is 2.34. The van der Waals surface area contributed by atoms with Crippen LogP contribution >= 0.6 is 22.9 Å². The lowest BCUT2D eigenvalue weighted by atomic mass is 10.2. The average molecular weight is 550 g/mol. The molecule has 3 aromatic carbocycles. The summed E-state index contributed by atoms with van der Waals surface area (Å²) in [6.07, 6.45) is 2.34. The highest BCUT2D eigenvalue weighted by molar-refractivity contribution is 7.21. The first-order valence-corrected chi connectivity index (χ1v) is 13.0. The molecule has 8 nitrogen and oxygen atoms in total. The van der Waals surface area contributed by atoms with Crippen LogP contribution in [0.3, 0.4) is 0 Å². The quantitative estimate of drug-likeness (QED) is 0.118. The molecule has 194 valence electrons. The Hall–Kier alpha value is -4.21. The number of rotatable bonds is 10. The van der Waals surface area contributed by atoms with E-state index in [0.717, 1.165) is 16.5 Å². The van der Waals surface area contributed by atoms with Crippen LogP contribution in [0.4, 0.5) is 0 Å². The smallest absolute Gasteiger partial charge is 0.343 e. The summed E-state index contributed by atoms with van der Waals surface area (Å²) in [7, 11) is 0. The van der Waals surface area contributed by atoms with Crippen molar-refractivity contribution in [3.8, 4) is 11.5 Å².